The molecule has 0 bridgehead atoms. The van der Waals surface area contributed by atoms with Crippen LogP contribution in [0, 0.1) is 11.6 Å². The Bertz CT molecular complexity index is 399. The van der Waals surface area contributed by atoms with Crippen molar-refractivity contribution in [2.75, 3.05) is 18.1 Å². The predicted molar refractivity (Wildman–Crippen MR) is 64.4 cm³/mol. The van der Waals surface area contributed by atoms with E-state index >= 15 is 0 Å². The first-order valence-corrected chi connectivity index (χ1v) is 6.62. The molecule has 17 heavy (non-hydrogen) atoms. The van der Waals surface area contributed by atoms with Crippen LogP contribution < -0.4 is 5.32 Å². The van der Waals surface area contributed by atoms with Gasteiger partial charge >= 0.3 is 0 Å². The summed E-state index contributed by atoms with van der Waals surface area (Å²) >= 11 is 1.75. The van der Waals surface area contributed by atoms with Gasteiger partial charge in [-0.3, -0.25) is 4.79 Å². The molecule has 1 N–H and O–H groups in total. The Balaban J connectivity index is 2.08. The van der Waals surface area contributed by atoms with Crippen LogP contribution in [0.4, 0.5) is 8.78 Å². The number of nitrogens with one attached hydrogen (secondary N) is 1. The summed E-state index contributed by atoms with van der Waals surface area (Å²) in [5, 5.41) is 3.17. The van der Waals surface area contributed by atoms with Crippen LogP contribution in [0.5, 0.6) is 0 Å². The Morgan fingerprint density at radius 3 is 2.71 bits per heavy atom. The molecule has 2 rings (SSSR count). The lowest BCUT2D eigenvalue weighted by molar-refractivity contribution is 0.0964. The van der Waals surface area contributed by atoms with Gasteiger partial charge in [0.25, 0.3) is 0 Å². The fourth-order valence-corrected chi connectivity index (χ4v) is 2.79. The number of benzene rings is 1. The fourth-order valence-electron chi connectivity index (χ4n) is 1.84. The van der Waals surface area contributed by atoms with Crippen LogP contribution in [0.1, 0.15) is 16.8 Å². The number of halogens is 2. The standard InChI is InChI=1S/C12H13F2NOS/c13-9-2-1-3-10(14)12(9)11(16)6-8-7-17-5-4-15-8/h1-3,8,15H,4-7H2. The summed E-state index contributed by atoms with van der Waals surface area (Å²) in [5.74, 6) is -0.210. The molecule has 0 spiro atoms. The number of carbonyl (C=O) groups excluding carboxylic acids is 1. The second kappa shape index (κ2) is 5.60. The molecule has 5 heteroatoms. The molecule has 1 aliphatic heterocycles. The third kappa shape index (κ3) is 3.04. The van der Waals surface area contributed by atoms with Crippen LogP contribution in [0.2, 0.25) is 0 Å². The monoisotopic (exact) mass is 257 g/mol. The quantitative estimate of drug-likeness (QED) is 0.842. The molecule has 1 fully saturated rings. The van der Waals surface area contributed by atoms with Crippen molar-refractivity contribution in [1.82, 2.24) is 5.32 Å². The highest BCUT2D eigenvalue weighted by Gasteiger charge is 2.22. The van der Waals surface area contributed by atoms with Crippen molar-refractivity contribution in [3.63, 3.8) is 0 Å². The van der Waals surface area contributed by atoms with Gasteiger partial charge in [-0.15, -0.1) is 0 Å². The van der Waals surface area contributed by atoms with Crippen molar-refractivity contribution in [1.29, 1.82) is 0 Å². The SMILES string of the molecule is O=C(CC1CSCCN1)c1c(F)cccc1F. The van der Waals surface area contributed by atoms with Crippen molar-refractivity contribution >= 4 is 17.5 Å². The molecule has 2 nitrogen and oxygen atoms in total. The summed E-state index contributed by atoms with van der Waals surface area (Å²) in [6.07, 6.45) is 0.144. The summed E-state index contributed by atoms with van der Waals surface area (Å²) in [6.45, 7) is 0.836. The lowest BCUT2D eigenvalue weighted by atomic mass is 10.0. The molecule has 0 radical (unpaired) electrons. The van der Waals surface area contributed by atoms with Crippen molar-refractivity contribution in [2.24, 2.45) is 0 Å². The van der Waals surface area contributed by atoms with Gasteiger partial charge in [0.05, 0.1) is 5.56 Å². The van der Waals surface area contributed by atoms with Crippen molar-refractivity contribution in [3.05, 3.63) is 35.4 Å². The molecule has 1 atom stereocenters. The zero-order valence-electron chi connectivity index (χ0n) is 9.21. The van der Waals surface area contributed by atoms with Crippen LogP contribution in [0.25, 0.3) is 0 Å². The fraction of sp³-hybridized carbons (Fsp3) is 0.417. The molecular weight excluding hydrogens is 244 g/mol. The van der Waals surface area contributed by atoms with Crippen LogP contribution >= 0.6 is 11.8 Å². The highest BCUT2D eigenvalue weighted by Crippen LogP contribution is 2.17. The van der Waals surface area contributed by atoms with Gasteiger partial charge in [0.15, 0.2) is 5.78 Å². The van der Waals surface area contributed by atoms with Crippen molar-refractivity contribution in [3.8, 4) is 0 Å². The zero-order valence-corrected chi connectivity index (χ0v) is 10.0. The number of hydrogen-bond donors (Lipinski definition) is 1. The summed E-state index contributed by atoms with van der Waals surface area (Å²) in [4.78, 5) is 11.8. The van der Waals surface area contributed by atoms with Gasteiger partial charge in [0.1, 0.15) is 11.6 Å². The van der Waals surface area contributed by atoms with Crippen molar-refractivity contribution < 1.29 is 13.6 Å². The summed E-state index contributed by atoms with van der Waals surface area (Å²) in [5.41, 5.74) is -0.412. The van der Waals surface area contributed by atoms with Crippen LogP contribution in [0.15, 0.2) is 18.2 Å². The smallest absolute Gasteiger partial charge is 0.170 e. The second-order valence-electron chi connectivity index (χ2n) is 3.95. The molecule has 1 aromatic rings. The van der Waals surface area contributed by atoms with Gasteiger partial charge < -0.3 is 5.32 Å². The Morgan fingerprint density at radius 2 is 2.12 bits per heavy atom. The number of ketones is 1. The predicted octanol–water partition coefficient (Wildman–Crippen LogP) is 2.24. The van der Waals surface area contributed by atoms with Gasteiger partial charge in [-0.1, -0.05) is 6.07 Å². The topological polar surface area (TPSA) is 29.1 Å². The van der Waals surface area contributed by atoms with E-state index < -0.39 is 23.0 Å². The molecule has 0 amide bonds. The molecule has 1 aliphatic rings. The van der Waals surface area contributed by atoms with Crippen molar-refractivity contribution in [2.45, 2.75) is 12.5 Å². The molecule has 1 unspecified atom stereocenters. The van der Waals surface area contributed by atoms with E-state index in [0.29, 0.717) is 0 Å². The third-order valence-electron chi connectivity index (χ3n) is 2.67. The van der Waals surface area contributed by atoms with E-state index in [1.165, 1.54) is 6.07 Å². The van der Waals surface area contributed by atoms with E-state index in [4.69, 9.17) is 0 Å². The lowest BCUT2D eigenvalue weighted by Crippen LogP contribution is -2.39. The Hall–Kier alpha value is -0.940. The Morgan fingerprint density at radius 1 is 1.41 bits per heavy atom. The van der Waals surface area contributed by atoms with E-state index in [-0.39, 0.29) is 12.5 Å². The summed E-state index contributed by atoms with van der Waals surface area (Å²) in [7, 11) is 0. The molecule has 1 aromatic carbocycles. The van der Waals surface area contributed by atoms with Gasteiger partial charge in [-0.2, -0.15) is 11.8 Å². The first-order chi connectivity index (χ1) is 8.18. The molecule has 0 aliphatic carbocycles. The van der Waals surface area contributed by atoms with Gasteiger partial charge in [0, 0.05) is 30.5 Å². The molecule has 0 saturated carbocycles. The minimum absolute atomic E-state index is 0.0141. The number of Topliss-reactive ketones (excluding diaryl/α,β-unsaturated/α-hetero) is 1. The Labute approximate surface area is 103 Å². The highest BCUT2D eigenvalue weighted by molar-refractivity contribution is 7.99. The normalized spacial score (nSPS) is 20.2. The molecule has 0 aromatic heterocycles. The average Bonchev–Trinajstić information content (AvgIpc) is 2.30. The molecule has 92 valence electrons. The van der Waals surface area contributed by atoms with Gasteiger partial charge in [0.2, 0.25) is 0 Å². The number of thioether (sulfide) groups is 1. The Kier molecular flexibility index (Phi) is 4.12. The number of carbonyl (C=O) groups is 1. The van der Waals surface area contributed by atoms with E-state index in [1.807, 2.05) is 0 Å². The zero-order chi connectivity index (χ0) is 12.3. The maximum atomic E-state index is 13.4. The van der Waals surface area contributed by atoms with E-state index in [2.05, 4.69) is 5.32 Å². The number of rotatable bonds is 3. The first kappa shape index (κ1) is 12.5. The van der Waals surface area contributed by atoms with Gasteiger partial charge in [-0.05, 0) is 12.1 Å². The van der Waals surface area contributed by atoms with Crippen LogP contribution in [0.3, 0.4) is 0 Å². The number of hydrogen-bond acceptors (Lipinski definition) is 3. The summed E-state index contributed by atoms with van der Waals surface area (Å²) < 4.78 is 26.7. The van der Waals surface area contributed by atoms with E-state index in [9.17, 15) is 13.6 Å². The van der Waals surface area contributed by atoms with Gasteiger partial charge in [-0.25, -0.2) is 8.78 Å². The molecule has 1 heterocycles. The minimum atomic E-state index is -0.779. The van der Waals surface area contributed by atoms with E-state index in [0.717, 1.165) is 30.2 Å². The average molecular weight is 257 g/mol. The third-order valence-corrected chi connectivity index (χ3v) is 3.80. The first-order valence-electron chi connectivity index (χ1n) is 5.47. The minimum Gasteiger partial charge on any atom is -0.312 e. The van der Waals surface area contributed by atoms with Crippen LogP contribution in [-0.4, -0.2) is 29.9 Å². The second-order valence-corrected chi connectivity index (χ2v) is 5.10. The summed E-state index contributed by atoms with van der Waals surface area (Å²) in [6, 6.07) is 3.50. The maximum Gasteiger partial charge on any atom is 0.170 e. The lowest BCUT2D eigenvalue weighted by Gasteiger charge is -2.22. The highest BCUT2D eigenvalue weighted by atomic mass is 32.2. The van der Waals surface area contributed by atoms with E-state index in [1.54, 1.807) is 11.8 Å². The maximum absolute atomic E-state index is 13.4. The molecular formula is C12H13F2NOS. The van der Waals surface area contributed by atoms with Crippen LogP contribution in [-0.2, 0) is 0 Å². The molecule has 1 saturated heterocycles. The largest absolute Gasteiger partial charge is 0.312 e.